The van der Waals surface area contributed by atoms with Crippen LogP contribution >= 0.6 is 0 Å². The van der Waals surface area contributed by atoms with Crippen molar-refractivity contribution < 1.29 is 22.7 Å². The lowest BCUT2D eigenvalue weighted by atomic mass is 10.2. The fourth-order valence-corrected chi connectivity index (χ4v) is 4.77. The molecule has 0 aromatic heterocycles. The monoisotopic (exact) mass is 340 g/mol. The van der Waals surface area contributed by atoms with Crippen molar-refractivity contribution in [3.8, 4) is 5.75 Å². The van der Waals surface area contributed by atoms with E-state index in [0.717, 1.165) is 0 Å². The predicted octanol–water partition coefficient (Wildman–Crippen LogP) is 1.12. The molecule has 1 saturated heterocycles. The van der Waals surface area contributed by atoms with Crippen LogP contribution in [0.1, 0.15) is 19.4 Å². The molecular weight excluding hydrogens is 320 g/mol. The molecule has 8 heteroatoms. The lowest BCUT2D eigenvalue weighted by molar-refractivity contribution is -0.118. The van der Waals surface area contributed by atoms with E-state index in [1.54, 1.807) is 13.0 Å². The van der Waals surface area contributed by atoms with E-state index in [2.05, 4.69) is 5.32 Å². The Hall–Kier alpha value is -1.64. The number of ether oxygens (including phenoxy) is 2. The summed E-state index contributed by atoms with van der Waals surface area (Å²) in [6, 6.07) is 3.12. The first-order valence-corrected chi connectivity index (χ1v) is 8.94. The molecule has 0 unspecified atom stereocenters. The van der Waals surface area contributed by atoms with Crippen molar-refractivity contribution in [3.05, 3.63) is 17.7 Å². The Kier molecular flexibility index (Phi) is 4.07. The number of carbonyl (C=O) groups is 1. The quantitative estimate of drug-likeness (QED) is 0.872. The highest BCUT2D eigenvalue weighted by molar-refractivity contribution is 7.89. The van der Waals surface area contributed by atoms with Gasteiger partial charge >= 0.3 is 0 Å². The average molecular weight is 340 g/mol. The van der Waals surface area contributed by atoms with Gasteiger partial charge < -0.3 is 14.8 Å². The van der Waals surface area contributed by atoms with E-state index in [9.17, 15) is 13.2 Å². The van der Waals surface area contributed by atoms with Crippen LogP contribution in [0.4, 0.5) is 5.69 Å². The molecule has 2 heterocycles. The van der Waals surface area contributed by atoms with Crippen molar-refractivity contribution in [2.75, 3.05) is 25.0 Å². The first-order valence-electron chi connectivity index (χ1n) is 7.50. The zero-order chi connectivity index (χ0) is 16.8. The summed E-state index contributed by atoms with van der Waals surface area (Å²) < 4.78 is 38.3. The Bertz CT molecular complexity index is 736. The van der Waals surface area contributed by atoms with E-state index in [0.29, 0.717) is 30.1 Å². The van der Waals surface area contributed by atoms with Crippen LogP contribution in [0.5, 0.6) is 5.75 Å². The third-order valence-electron chi connectivity index (χ3n) is 3.91. The molecule has 0 saturated carbocycles. The molecule has 7 nitrogen and oxygen atoms in total. The summed E-state index contributed by atoms with van der Waals surface area (Å²) >= 11 is 0. The second-order valence-electron chi connectivity index (χ2n) is 6.03. The molecular formula is C15H20N2O5S. The topological polar surface area (TPSA) is 84.9 Å². The molecule has 1 fully saturated rings. The van der Waals surface area contributed by atoms with Crippen molar-refractivity contribution in [3.63, 3.8) is 0 Å². The number of carbonyl (C=O) groups excluding carboxylic acids is 1. The number of fused-ring (bicyclic) bond motifs is 1. The second-order valence-corrected chi connectivity index (χ2v) is 7.94. The number of rotatable bonds is 2. The number of benzene rings is 1. The van der Waals surface area contributed by atoms with Gasteiger partial charge in [-0.25, -0.2) is 8.42 Å². The van der Waals surface area contributed by atoms with Crippen LogP contribution in [0, 0.1) is 6.92 Å². The molecule has 0 bridgehead atoms. The number of hydrogen-bond donors (Lipinski definition) is 1. The maximum atomic E-state index is 13.0. The van der Waals surface area contributed by atoms with Crippen LogP contribution in [-0.2, 0) is 19.6 Å². The van der Waals surface area contributed by atoms with Gasteiger partial charge in [0.25, 0.3) is 5.91 Å². The Morgan fingerprint density at radius 1 is 1.22 bits per heavy atom. The molecule has 0 aliphatic carbocycles. The number of nitrogens with zero attached hydrogens (tertiary/aromatic N) is 1. The maximum absolute atomic E-state index is 13.0. The minimum Gasteiger partial charge on any atom is -0.482 e. The second kappa shape index (κ2) is 5.77. The van der Waals surface area contributed by atoms with E-state index in [4.69, 9.17) is 9.47 Å². The van der Waals surface area contributed by atoms with Gasteiger partial charge in [-0.15, -0.1) is 0 Å². The third-order valence-corrected chi connectivity index (χ3v) is 5.89. The number of aryl methyl sites for hydroxylation is 1. The molecule has 1 N–H and O–H groups in total. The van der Waals surface area contributed by atoms with Gasteiger partial charge in [0, 0.05) is 19.2 Å². The zero-order valence-electron chi connectivity index (χ0n) is 13.3. The highest BCUT2D eigenvalue weighted by atomic mass is 32.2. The van der Waals surface area contributed by atoms with Gasteiger partial charge in [0.15, 0.2) is 6.61 Å². The summed E-state index contributed by atoms with van der Waals surface area (Å²) in [5.41, 5.74) is 1.07. The van der Waals surface area contributed by atoms with E-state index in [-0.39, 0.29) is 29.6 Å². The van der Waals surface area contributed by atoms with Crippen molar-refractivity contribution in [2.24, 2.45) is 0 Å². The van der Waals surface area contributed by atoms with E-state index >= 15 is 0 Å². The summed E-state index contributed by atoms with van der Waals surface area (Å²) in [6.45, 7) is 5.96. The molecule has 3 rings (SSSR count). The minimum atomic E-state index is -3.64. The van der Waals surface area contributed by atoms with Crippen LogP contribution in [0.25, 0.3) is 0 Å². The Labute approximate surface area is 135 Å². The highest BCUT2D eigenvalue weighted by Gasteiger charge is 2.34. The van der Waals surface area contributed by atoms with E-state index < -0.39 is 10.0 Å². The predicted molar refractivity (Wildman–Crippen MR) is 84.1 cm³/mol. The van der Waals surface area contributed by atoms with Crippen molar-refractivity contribution >= 4 is 21.6 Å². The summed E-state index contributed by atoms with van der Waals surface area (Å²) in [7, 11) is -3.64. The molecule has 2 atom stereocenters. The number of nitrogens with one attached hydrogen (secondary N) is 1. The lowest BCUT2D eigenvalue weighted by Crippen LogP contribution is -2.48. The number of morpholine rings is 1. The van der Waals surface area contributed by atoms with Crippen LogP contribution in [-0.4, -0.2) is 50.5 Å². The average Bonchev–Trinajstić information content (AvgIpc) is 2.45. The summed E-state index contributed by atoms with van der Waals surface area (Å²) in [6.07, 6.45) is -0.302. The van der Waals surface area contributed by atoms with Crippen molar-refractivity contribution in [2.45, 2.75) is 37.9 Å². The summed E-state index contributed by atoms with van der Waals surface area (Å²) in [5, 5.41) is 2.68. The lowest BCUT2D eigenvalue weighted by Gasteiger charge is -2.34. The molecule has 2 aliphatic heterocycles. The molecule has 1 aromatic carbocycles. The molecule has 0 radical (unpaired) electrons. The number of anilines is 1. The van der Waals surface area contributed by atoms with Gasteiger partial charge in [-0.3, -0.25) is 4.79 Å². The van der Waals surface area contributed by atoms with Gasteiger partial charge in [-0.1, -0.05) is 0 Å². The van der Waals surface area contributed by atoms with Crippen LogP contribution in [0.3, 0.4) is 0 Å². The largest absolute Gasteiger partial charge is 0.482 e. The normalized spacial score (nSPS) is 25.4. The third kappa shape index (κ3) is 3.06. The molecule has 2 aliphatic rings. The number of hydrogen-bond acceptors (Lipinski definition) is 5. The maximum Gasteiger partial charge on any atom is 0.262 e. The molecule has 1 amide bonds. The first kappa shape index (κ1) is 16.2. The van der Waals surface area contributed by atoms with Crippen LogP contribution < -0.4 is 10.1 Å². The zero-order valence-corrected chi connectivity index (χ0v) is 14.1. The van der Waals surface area contributed by atoms with Crippen LogP contribution in [0.15, 0.2) is 17.0 Å². The SMILES string of the molecule is Cc1cc2c(cc1S(=O)(=O)N1C[C@@H](C)O[C@@H](C)C1)OCC(=O)N2. The Morgan fingerprint density at radius 2 is 1.87 bits per heavy atom. The smallest absolute Gasteiger partial charge is 0.262 e. The van der Waals surface area contributed by atoms with Gasteiger partial charge in [-0.05, 0) is 32.4 Å². The molecule has 1 aromatic rings. The summed E-state index contributed by atoms with van der Waals surface area (Å²) in [5.74, 6) is 0.131. The van der Waals surface area contributed by atoms with Crippen LogP contribution in [0.2, 0.25) is 0 Å². The first-order chi connectivity index (χ1) is 10.8. The van der Waals surface area contributed by atoms with Crippen molar-refractivity contribution in [1.29, 1.82) is 0 Å². The van der Waals surface area contributed by atoms with E-state index in [1.165, 1.54) is 10.4 Å². The molecule has 23 heavy (non-hydrogen) atoms. The Morgan fingerprint density at radius 3 is 2.52 bits per heavy atom. The molecule has 126 valence electrons. The number of amides is 1. The van der Waals surface area contributed by atoms with Gasteiger partial charge in [-0.2, -0.15) is 4.31 Å². The fourth-order valence-electron chi connectivity index (χ4n) is 2.96. The van der Waals surface area contributed by atoms with Gasteiger partial charge in [0.1, 0.15) is 5.75 Å². The van der Waals surface area contributed by atoms with Crippen molar-refractivity contribution in [1.82, 2.24) is 4.31 Å². The standard InChI is InChI=1S/C15H20N2O5S/c1-9-4-12-13(21-8-15(18)16-12)5-14(9)23(19,20)17-6-10(2)22-11(3)7-17/h4-5,10-11H,6-8H2,1-3H3,(H,16,18)/t10-,11+. The highest BCUT2D eigenvalue weighted by Crippen LogP contribution is 2.34. The fraction of sp³-hybridized carbons (Fsp3) is 0.533. The van der Waals surface area contributed by atoms with Gasteiger partial charge in [0.05, 0.1) is 22.8 Å². The Balaban J connectivity index is 1.98. The van der Waals surface area contributed by atoms with Gasteiger partial charge in [0.2, 0.25) is 10.0 Å². The molecule has 0 spiro atoms. The van der Waals surface area contributed by atoms with E-state index in [1.807, 2.05) is 13.8 Å². The summed E-state index contributed by atoms with van der Waals surface area (Å²) in [4.78, 5) is 11.6. The minimum absolute atomic E-state index is 0.110. The number of sulfonamides is 1.